The topological polar surface area (TPSA) is 25.2 Å². The maximum atomic E-state index is 12.6. The fraction of sp³-hybridized carbons (Fsp3) is 0.286. The zero-order valence-corrected chi connectivity index (χ0v) is 11.4. The van der Waals surface area contributed by atoms with Crippen molar-refractivity contribution in [3.8, 4) is 0 Å². The maximum Gasteiger partial charge on any atom is 0.416 e. The summed E-state index contributed by atoms with van der Waals surface area (Å²) in [6, 6.07) is 6.67. The lowest BCUT2D eigenvalue weighted by atomic mass is 10.1. The Hall–Kier alpha value is -1.62. The van der Waals surface area contributed by atoms with Gasteiger partial charge in [-0.05, 0) is 36.8 Å². The van der Waals surface area contributed by atoms with E-state index in [0.29, 0.717) is 17.9 Å². The first-order valence-electron chi connectivity index (χ1n) is 6.08. The predicted molar refractivity (Wildman–Crippen MR) is 71.8 cm³/mol. The first-order valence-corrected chi connectivity index (χ1v) is 6.46. The van der Waals surface area contributed by atoms with Gasteiger partial charge in [0.25, 0.3) is 0 Å². The van der Waals surface area contributed by atoms with Gasteiger partial charge in [0.05, 0.1) is 28.6 Å². The van der Waals surface area contributed by atoms with Crippen LogP contribution in [0.1, 0.15) is 30.7 Å². The Morgan fingerprint density at radius 3 is 2.55 bits per heavy atom. The van der Waals surface area contributed by atoms with Gasteiger partial charge in [-0.3, -0.25) is 0 Å². The van der Waals surface area contributed by atoms with E-state index in [9.17, 15) is 13.2 Å². The zero-order chi connectivity index (χ0) is 14.8. The van der Waals surface area contributed by atoms with Gasteiger partial charge in [-0.15, -0.1) is 0 Å². The standard InChI is InChI=1S/C14H13ClF3NO/c1-2-11(13-4-3-7-20-13)19-12-6-5-9(8-10(12)15)14(16,17)18/h3-8,11,19H,2H2,1H3. The third-order valence-corrected chi connectivity index (χ3v) is 3.23. The van der Waals surface area contributed by atoms with Crippen molar-refractivity contribution in [3.05, 3.63) is 52.9 Å². The van der Waals surface area contributed by atoms with Gasteiger partial charge >= 0.3 is 6.18 Å². The Kier molecular flexibility index (Phi) is 4.28. The number of hydrogen-bond acceptors (Lipinski definition) is 2. The second-order valence-corrected chi connectivity index (χ2v) is 4.72. The summed E-state index contributed by atoms with van der Waals surface area (Å²) >= 11 is 5.90. The maximum absolute atomic E-state index is 12.6. The number of benzene rings is 1. The lowest BCUT2D eigenvalue weighted by Crippen LogP contribution is -2.10. The first kappa shape index (κ1) is 14.8. The van der Waals surface area contributed by atoms with E-state index in [-0.39, 0.29) is 11.1 Å². The molecular weight excluding hydrogens is 291 g/mol. The van der Waals surface area contributed by atoms with Crippen molar-refractivity contribution < 1.29 is 17.6 Å². The van der Waals surface area contributed by atoms with Crippen LogP contribution >= 0.6 is 11.6 Å². The lowest BCUT2D eigenvalue weighted by molar-refractivity contribution is -0.137. The molecule has 0 saturated heterocycles. The summed E-state index contributed by atoms with van der Waals surface area (Å²) in [5, 5.41) is 3.12. The largest absolute Gasteiger partial charge is 0.467 e. The fourth-order valence-corrected chi connectivity index (χ4v) is 2.10. The van der Waals surface area contributed by atoms with Crippen LogP contribution in [0, 0.1) is 0 Å². The highest BCUT2D eigenvalue weighted by atomic mass is 35.5. The van der Waals surface area contributed by atoms with E-state index in [0.717, 1.165) is 12.1 Å². The number of hydrogen-bond donors (Lipinski definition) is 1. The van der Waals surface area contributed by atoms with E-state index >= 15 is 0 Å². The molecule has 108 valence electrons. The van der Waals surface area contributed by atoms with Gasteiger partial charge in [0.15, 0.2) is 0 Å². The van der Waals surface area contributed by atoms with E-state index in [4.69, 9.17) is 16.0 Å². The Morgan fingerprint density at radius 2 is 2.05 bits per heavy atom. The Morgan fingerprint density at radius 1 is 1.30 bits per heavy atom. The monoisotopic (exact) mass is 303 g/mol. The summed E-state index contributed by atoms with van der Waals surface area (Å²) in [6.07, 6.45) is -2.13. The van der Waals surface area contributed by atoms with Gasteiger partial charge in [-0.25, -0.2) is 0 Å². The van der Waals surface area contributed by atoms with Crippen LogP contribution in [0.5, 0.6) is 0 Å². The summed E-state index contributed by atoms with van der Waals surface area (Å²) in [5.41, 5.74) is -0.318. The molecular formula is C14H13ClF3NO. The number of nitrogens with one attached hydrogen (secondary N) is 1. The normalized spacial score (nSPS) is 13.2. The molecule has 0 aliphatic carbocycles. The third kappa shape index (κ3) is 3.28. The first-order chi connectivity index (χ1) is 9.41. The predicted octanol–water partition coefficient (Wildman–Crippen LogP) is 5.52. The number of halogens is 4. The number of rotatable bonds is 4. The smallest absolute Gasteiger partial charge is 0.416 e. The van der Waals surface area contributed by atoms with Crippen molar-refractivity contribution in [2.24, 2.45) is 0 Å². The third-order valence-electron chi connectivity index (χ3n) is 2.92. The van der Waals surface area contributed by atoms with Crippen LogP contribution < -0.4 is 5.32 Å². The van der Waals surface area contributed by atoms with E-state index in [1.54, 1.807) is 18.4 Å². The summed E-state index contributed by atoms with van der Waals surface area (Å²) in [7, 11) is 0. The highest BCUT2D eigenvalue weighted by Gasteiger charge is 2.31. The summed E-state index contributed by atoms with van der Waals surface area (Å²) in [6.45, 7) is 1.94. The molecule has 0 saturated carbocycles. The van der Waals surface area contributed by atoms with Crippen molar-refractivity contribution in [2.75, 3.05) is 5.32 Å². The molecule has 0 bridgehead atoms. The highest BCUT2D eigenvalue weighted by molar-refractivity contribution is 6.33. The molecule has 1 N–H and O–H groups in total. The molecule has 1 atom stereocenters. The average Bonchev–Trinajstić information content (AvgIpc) is 2.90. The average molecular weight is 304 g/mol. The Balaban J connectivity index is 2.21. The van der Waals surface area contributed by atoms with E-state index in [1.165, 1.54) is 6.07 Å². The van der Waals surface area contributed by atoms with Crippen LogP contribution in [-0.2, 0) is 6.18 Å². The van der Waals surface area contributed by atoms with Crippen LogP contribution in [0.3, 0.4) is 0 Å². The summed E-state index contributed by atoms with van der Waals surface area (Å²) < 4.78 is 43.0. The van der Waals surface area contributed by atoms with Crippen LogP contribution in [0.15, 0.2) is 41.0 Å². The molecule has 2 nitrogen and oxygen atoms in total. The van der Waals surface area contributed by atoms with Crippen LogP contribution in [0.25, 0.3) is 0 Å². The van der Waals surface area contributed by atoms with Crippen molar-refractivity contribution in [1.82, 2.24) is 0 Å². The fourth-order valence-electron chi connectivity index (χ4n) is 1.86. The quantitative estimate of drug-likeness (QED) is 0.805. The Bertz CT molecular complexity index is 566. The summed E-state index contributed by atoms with van der Waals surface area (Å²) in [5.74, 6) is 0.712. The van der Waals surface area contributed by atoms with Gasteiger partial charge in [-0.2, -0.15) is 13.2 Å². The molecule has 0 fully saturated rings. The van der Waals surface area contributed by atoms with Gasteiger partial charge in [0.2, 0.25) is 0 Å². The van der Waals surface area contributed by atoms with E-state index < -0.39 is 11.7 Å². The van der Waals surface area contributed by atoms with E-state index in [2.05, 4.69) is 5.32 Å². The van der Waals surface area contributed by atoms with Crippen LogP contribution in [0.4, 0.5) is 18.9 Å². The minimum Gasteiger partial charge on any atom is -0.467 e. The van der Waals surface area contributed by atoms with Crippen molar-refractivity contribution >= 4 is 17.3 Å². The van der Waals surface area contributed by atoms with Gasteiger partial charge in [-0.1, -0.05) is 18.5 Å². The molecule has 0 spiro atoms. The van der Waals surface area contributed by atoms with Crippen molar-refractivity contribution in [2.45, 2.75) is 25.6 Å². The molecule has 1 heterocycles. The van der Waals surface area contributed by atoms with Crippen LogP contribution in [0.2, 0.25) is 5.02 Å². The summed E-state index contributed by atoms with van der Waals surface area (Å²) in [4.78, 5) is 0. The molecule has 6 heteroatoms. The lowest BCUT2D eigenvalue weighted by Gasteiger charge is -2.18. The molecule has 1 unspecified atom stereocenters. The minimum atomic E-state index is -4.40. The molecule has 1 aromatic carbocycles. The Labute approximate surface area is 119 Å². The van der Waals surface area contributed by atoms with Gasteiger partial charge in [0.1, 0.15) is 5.76 Å². The highest BCUT2D eigenvalue weighted by Crippen LogP contribution is 2.35. The molecule has 0 radical (unpaired) electrons. The molecule has 1 aromatic heterocycles. The zero-order valence-electron chi connectivity index (χ0n) is 10.7. The minimum absolute atomic E-state index is 0.0323. The van der Waals surface area contributed by atoms with Crippen molar-refractivity contribution in [1.29, 1.82) is 0 Å². The van der Waals surface area contributed by atoms with Crippen molar-refractivity contribution in [3.63, 3.8) is 0 Å². The van der Waals surface area contributed by atoms with Crippen LogP contribution in [-0.4, -0.2) is 0 Å². The van der Waals surface area contributed by atoms with E-state index in [1.807, 2.05) is 6.92 Å². The number of alkyl halides is 3. The molecule has 0 aliphatic rings. The SMILES string of the molecule is CCC(Nc1ccc(C(F)(F)F)cc1Cl)c1ccco1. The molecule has 20 heavy (non-hydrogen) atoms. The molecule has 2 rings (SSSR count). The van der Waals surface area contributed by atoms with Gasteiger partial charge < -0.3 is 9.73 Å². The van der Waals surface area contributed by atoms with Gasteiger partial charge in [0, 0.05) is 0 Å². The molecule has 0 amide bonds. The number of furan rings is 1. The second-order valence-electron chi connectivity index (χ2n) is 4.31. The second kappa shape index (κ2) is 5.79. The number of anilines is 1. The molecule has 2 aromatic rings. The molecule has 0 aliphatic heterocycles.